The monoisotopic (exact) mass is 418 g/mol. The van der Waals surface area contributed by atoms with Crippen LogP contribution in [0.1, 0.15) is 28.2 Å². The summed E-state index contributed by atoms with van der Waals surface area (Å²) in [5.41, 5.74) is 4.49. The highest BCUT2D eigenvalue weighted by Crippen LogP contribution is 2.32. The summed E-state index contributed by atoms with van der Waals surface area (Å²) in [5, 5.41) is 22.0. The van der Waals surface area contributed by atoms with Crippen LogP contribution in [0.5, 0.6) is 5.75 Å². The van der Waals surface area contributed by atoms with Gasteiger partial charge in [0.1, 0.15) is 11.6 Å². The van der Waals surface area contributed by atoms with Gasteiger partial charge in [-0.25, -0.2) is 9.07 Å². The van der Waals surface area contributed by atoms with E-state index >= 15 is 0 Å². The number of hydrogen-bond donors (Lipinski definition) is 2. The normalized spacial score (nSPS) is 11.1. The lowest BCUT2D eigenvalue weighted by Crippen LogP contribution is -2.29. The summed E-state index contributed by atoms with van der Waals surface area (Å²) >= 11 is 0. The quantitative estimate of drug-likeness (QED) is 0.497. The molecule has 0 aliphatic heterocycles. The number of aromatic amines is 1. The molecule has 7 heteroatoms. The van der Waals surface area contributed by atoms with E-state index in [0.717, 1.165) is 11.3 Å². The van der Waals surface area contributed by atoms with Gasteiger partial charge in [0.25, 0.3) is 5.56 Å². The van der Waals surface area contributed by atoms with Crippen molar-refractivity contribution in [3.8, 4) is 16.9 Å². The smallest absolute Gasteiger partial charge is 0.270 e. The van der Waals surface area contributed by atoms with E-state index in [1.165, 1.54) is 16.8 Å². The lowest BCUT2D eigenvalue weighted by Gasteiger charge is -2.16. The molecule has 158 valence electrons. The Labute approximate surface area is 179 Å². The number of aryl methyl sites for hydroxylation is 3. The van der Waals surface area contributed by atoms with E-state index in [1.54, 1.807) is 24.3 Å². The molecule has 31 heavy (non-hydrogen) atoms. The molecule has 2 heterocycles. The molecule has 6 nitrogen and oxygen atoms in total. The van der Waals surface area contributed by atoms with Gasteiger partial charge in [-0.05, 0) is 56.5 Å². The first-order valence-corrected chi connectivity index (χ1v) is 10.1. The number of phenols is 1. The highest BCUT2D eigenvalue weighted by Gasteiger charge is 2.19. The molecular formula is C24H23FN4O2. The van der Waals surface area contributed by atoms with Crippen LogP contribution in [0.15, 0.2) is 59.4 Å². The Kier molecular flexibility index (Phi) is 5.66. The van der Waals surface area contributed by atoms with Gasteiger partial charge in [0.05, 0.1) is 17.9 Å². The Hall–Kier alpha value is -3.74. The van der Waals surface area contributed by atoms with Crippen LogP contribution in [-0.4, -0.2) is 25.1 Å². The van der Waals surface area contributed by atoms with Crippen molar-refractivity contribution in [1.82, 2.24) is 20.0 Å². The zero-order chi connectivity index (χ0) is 22.0. The molecule has 0 unspecified atom stereocenters. The van der Waals surface area contributed by atoms with Crippen molar-refractivity contribution in [1.29, 1.82) is 0 Å². The van der Waals surface area contributed by atoms with E-state index < -0.39 is 0 Å². The van der Waals surface area contributed by atoms with E-state index in [9.17, 15) is 14.3 Å². The Bertz CT molecular complexity index is 1290. The molecule has 2 aromatic heterocycles. The van der Waals surface area contributed by atoms with Crippen LogP contribution in [0.25, 0.3) is 11.1 Å². The van der Waals surface area contributed by atoms with Gasteiger partial charge in [-0.2, -0.15) is 10.2 Å². The van der Waals surface area contributed by atoms with Gasteiger partial charge in [0.2, 0.25) is 0 Å². The average Bonchev–Trinajstić information content (AvgIpc) is 3.15. The third-order valence-electron chi connectivity index (χ3n) is 5.22. The molecule has 0 saturated heterocycles. The number of aromatic hydroxyl groups is 1. The van der Waals surface area contributed by atoms with Crippen molar-refractivity contribution < 1.29 is 9.50 Å². The Balaban J connectivity index is 1.81. The van der Waals surface area contributed by atoms with Gasteiger partial charge in [-0.15, -0.1) is 0 Å². The molecule has 0 amide bonds. The number of rotatable bonds is 6. The third-order valence-corrected chi connectivity index (χ3v) is 5.22. The number of hydrogen-bond acceptors (Lipinski definition) is 4. The van der Waals surface area contributed by atoms with Gasteiger partial charge >= 0.3 is 0 Å². The van der Waals surface area contributed by atoms with Crippen LogP contribution >= 0.6 is 0 Å². The van der Waals surface area contributed by atoms with Gasteiger partial charge in [-0.3, -0.25) is 9.89 Å². The van der Waals surface area contributed by atoms with E-state index in [0.29, 0.717) is 40.9 Å². The van der Waals surface area contributed by atoms with Gasteiger partial charge in [0.15, 0.2) is 0 Å². The molecule has 0 saturated carbocycles. The number of phenolic OH excluding ortho intramolecular Hbond substituents is 1. The van der Waals surface area contributed by atoms with Crippen molar-refractivity contribution in [2.45, 2.75) is 33.2 Å². The van der Waals surface area contributed by atoms with Crippen LogP contribution in [0.4, 0.5) is 4.39 Å². The van der Waals surface area contributed by atoms with Gasteiger partial charge in [0, 0.05) is 22.4 Å². The van der Waals surface area contributed by atoms with E-state index in [2.05, 4.69) is 15.3 Å². The van der Waals surface area contributed by atoms with Crippen LogP contribution in [-0.2, 0) is 19.4 Å². The number of halogens is 1. The van der Waals surface area contributed by atoms with Crippen molar-refractivity contribution in [3.63, 3.8) is 0 Å². The largest absolute Gasteiger partial charge is 0.507 e. The third kappa shape index (κ3) is 4.40. The van der Waals surface area contributed by atoms with E-state index in [-0.39, 0.29) is 23.7 Å². The fraction of sp³-hybridized carbons (Fsp3) is 0.208. The number of H-pyrrole nitrogens is 1. The summed E-state index contributed by atoms with van der Waals surface area (Å²) in [7, 11) is 0. The minimum atomic E-state index is -0.310. The topological polar surface area (TPSA) is 83.8 Å². The Morgan fingerprint density at radius 3 is 2.58 bits per heavy atom. The molecule has 0 bridgehead atoms. The minimum absolute atomic E-state index is 0.0829. The summed E-state index contributed by atoms with van der Waals surface area (Å²) in [5.74, 6) is -0.227. The standard InChI is InChI=1S/C24H23FN4O2/c1-15-12-19(27-26-15)14-29-24(31)21(11-10-17-6-5-7-18(25)13-17)23(16(2)28-29)20-8-3-4-9-22(20)30/h3-9,12-13,30H,10-11,14H2,1-2H3,(H,26,27). The lowest BCUT2D eigenvalue weighted by atomic mass is 9.94. The molecule has 0 aliphatic rings. The van der Waals surface area contributed by atoms with Crippen molar-refractivity contribution in [3.05, 3.63) is 99.0 Å². The van der Waals surface area contributed by atoms with Crippen LogP contribution in [0, 0.1) is 19.7 Å². The Morgan fingerprint density at radius 1 is 1.06 bits per heavy atom. The molecule has 0 fully saturated rings. The van der Waals surface area contributed by atoms with Crippen molar-refractivity contribution >= 4 is 0 Å². The summed E-state index contributed by atoms with van der Waals surface area (Å²) in [4.78, 5) is 13.4. The summed E-state index contributed by atoms with van der Waals surface area (Å²) in [6.45, 7) is 3.95. The minimum Gasteiger partial charge on any atom is -0.507 e. The first kappa shape index (κ1) is 20.5. The lowest BCUT2D eigenvalue weighted by molar-refractivity contribution is 0.477. The van der Waals surface area contributed by atoms with Crippen LogP contribution < -0.4 is 5.56 Å². The highest BCUT2D eigenvalue weighted by atomic mass is 19.1. The number of nitrogens with zero attached hydrogens (tertiary/aromatic N) is 3. The maximum Gasteiger partial charge on any atom is 0.270 e. The zero-order valence-corrected chi connectivity index (χ0v) is 17.4. The highest BCUT2D eigenvalue weighted by molar-refractivity contribution is 5.74. The molecule has 4 aromatic rings. The first-order valence-electron chi connectivity index (χ1n) is 10.1. The van der Waals surface area contributed by atoms with Crippen LogP contribution in [0.2, 0.25) is 0 Å². The van der Waals surface area contributed by atoms with Crippen molar-refractivity contribution in [2.24, 2.45) is 0 Å². The number of benzene rings is 2. The molecule has 4 rings (SSSR count). The predicted molar refractivity (Wildman–Crippen MR) is 117 cm³/mol. The second-order valence-corrected chi connectivity index (χ2v) is 7.59. The molecular weight excluding hydrogens is 395 g/mol. The first-order chi connectivity index (χ1) is 14.9. The maximum absolute atomic E-state index is 13.6. The van der Waals surface area contributed by atoms with Gasteiger partial charge < -0.3 is 5.11 Å². The summed E-state index contributed by atoms with van der Waals surface area (Å²) < 4.78 is 15.0. The fourth-order valence-corrected chi connectivity index (χ4v) is 3.81. The maximum atomic E-state index is 13.6. The molecule has 0 radical (unpaired) electrons. The average molecular weight is 418 g/mol. The van der Waals surface area contributed by atoms with Crippen LogP contribution in [0.3, 0.4) is 0 Å². The second kappa shape index (κ2) is 8.55. The van der Waals surface area contributed by atoms with E-state index in [1.807, 2.05) is 32.0 Å². The SMILES string of the molecule is Cc1cc(Cn2nc(C)c(-c3ccccc3O)c(CCc3cccc(F)c3)c2=O)n[nH]1. The van der Waals surface area contributed by atoms with Gasteiger partial charge in [-0.1, -0.05) is 30.3 Å². The van der Waals surface area contributed by atoms with E-state index in [4.69, 9.17) is 0 Å². The number of para-hydroxylation sites is 1. The molecule has 0 spiro atoms. The molecule has 0 atom stereocenters. The Morgan fingerprint density at radius 2 is 1.87 bits per heavy atom. The number of aromatic nitrogens is 4. The predicted octanol–water partition coefficient (Wildman–Crippen LogP) is 3.93. The summed E-state index contributed by atoms with van der Waals surface area (Å²) in [6, 6.07) is 15.1. The van der Waals surface area contributed by atoms with Crippen molar-refractivity contribution in [2.75, 3.05) is 0 Å². The fourth-order valence-electron chi connectivity index (χ4n) is 3.81. The number of nitrogens with one attached hydrogen (secondary N) is 1. The second-order valence-electron chi connectivity index (χ2n) is 7.59. The molecule has 2 aromatic carbocycles. The summed E-state index contributed by atoms with van der Waals surface area (Å²) in [6.07, 6.45) is 0.869. The molecule has 2 N–H and O–H groups in total. The zero-order valence-electron chi connectivity index (χ0n) is 17.4. The molecule has 0 aliphatic carbocycles.